The van der Waals surface area contributed by atoms with Crippen molar-refractivity contribution in [1.29, 1.82) is 0 Å². The molecule has 0 radical (unpaired) electrons. The fraction of sp³-hybridized carbons (Fsp3) is 0.333. The molecule has 6 nitrogen and oxygen atoms in total. The lowest BCUT2D eigenvalue weighted by molar-refractivity contribution is 0.0784. The van der Waals surface area contributed by atoms with Crippen LogP contribution < -0.4 is 4.90 Å². The third-order valence-corrected chi connectivity index (χ3v) is 5.81. The van der Waals surface area contributed by atoms with Gasteiger partial charge in [-0.3, -0.25) is 9.78 Å². The van der Waals surface area contributed by atoms with E-state index in [0.29, 0.717) is 6.54 Å². The van der Waals surface area contributed by atoms with Crippen molar-refractivity contribution in [1.82, 2.24) is 19.9 Å². The molecule has 144 valence electrons. The summed E-state index contributed by atoms with van der Waals surface area (Å²) in [5.74, 6) is 0.754. The molecule has 4 rings (SSSR count). The molecule has 1 aliphatic heterocycles. The zero-order chi connectivity index (χ0) is 19.5. The molecule has 1 amide bonds. The van der Waals surface area contributed by atoms with E-state index in [4.69, 9.17) is 4.98 Å². The van der Waals surface area contributed by atoms with E-state index >= 15 is 0 Å². The maximum absolute atomic E-state index is 12.8. The van der Waals surface area contributed by atoms with Gasteiger partial charge in [-0.05, 0) is 43.5 Å². The summed E-state index contributed by atoms with van der Waals surface area (Å²) in [4.78, 5) is 31.4. The van der Waals surface area contributed by atoms with Gasteiger partial charge < -0.3 is 9.80 Å². The number of pyridine rings is 1. The molecule has 1 aliphatic rings. The SMILES string of the molecule is Cc1cc(C(=O)N(C)Cc2nc(N3CCCC3)ncc2-c2ccncc2)cs1. The Morgan fingerprint density at radius 2 is 2.00 bits per heavy atom. The Morgan fingerprint density at radius 1 is 1.25 bits per heavy atom. The Bertz CT molecular complexity index is 966. The zero-order valence-electron chi connectivity index (χ0n) is 16.1. The Kier molecular flexibility index (Phi) is 5.34. The van der Waals surface area contributed by atoms with Crippen LogP contribution in [0.1, 0.15) is 33.8 Å². The second kappa shape index (κ2) is 8.06. The number of amides is 1. The van der Waals surface area contributed by atoms with E-state index in [1.165, 1.54) is 12.8 Å². The number of aryl methyl sites for hydroxylation is 1. The van der Waals surface area contributed by atoms with Crippen molar-refractivity contribution in [3.63, 3.8) is 0 Å². The van der Waals surface area contributed by atoms with Gasteiger partial charge in [0.15, 0.2) is 0 Å². The monoisotopic (exact) mass is 393 g/mol. The molecular weight excluding hydrogens is 370 g/mol. The van der Waals surface area contributed by atoms with Gasteiger partial charge in [-0.1, -0.05) is 0 Å². The lowest BCUT2D eigenvalue weighted by Gasteiger charge is -2.21. The van der Waals surface area contributed by atoms with Crippen LogP contribution in [0.4, 0.5) is 5.95 Å². The lowest BCUT2D eigenvalue weighted by atomic mass is 10.1. The highest BCUT2D eigenvalue weighted by Crippen LogP contribution is 2.26. The van der Waals surface area contributed by atoms with E-state index in [1.807, 2.05) is 43.7 Å². The van der Waals surface area contributed by atoms with Gasteiger partial charge in [-0.25, -0.2) is 9.97 Å². The molecule has 0 aliphatic carbocycles. The average Bonchev–Trinajstić information content (AvgIpc) is 3.40. The van der Waals surface area contributed by atoms with Crippen molar-refractivity contribution in [2.24, 2.45) is 0 Å². The molecular formula is C21H23N5OS. The number of carbonyl (C=O) groups excluding carboxylic acids is 1. The van der Waals surface area contributed by atoms with Gasteiger partial charge >= 0.3 is 0 Å². The zero-order valence-corrected chi connectivity index (χ0v) is 16.9. The molecule has 4 heterocycles. The van der Waals surface area contributed by atoms with Gasteiger partial charge in [-0.2, -0.15) is 0 Å². The molecule has 0 N–H and O–H groups in total. The van der Waals surface area contributed by atoms with Crippen LogP contribution in [-0.2, 0) is 6.54 Å². The summed E-state index contributed by atoms with van der Waals surface area (Å²) in [5, 5.41) is 1.91. The van der Waals surface area contributed by atoms with Gasteiger partial charge in [0, 0.05) is 54.5 Å². The predicted molar refractivity (Wildman–Crippen MR) is 112 cm³/mol. The van der Waals surface area contributed by atoms with Gasteiger partial charge in [0.25, 0.3) is 5.91 Å². The highest BCUT2D eigenvalue weighted by Gasteiger charge is 2.20. The van der Waals surface area contributed by atoms with E-state index in [2.05, 4.69) is 14.9 Å². The second-order valence-corrected chi connectivity index (χ2v) is 8.18. The van der Waals surface area contributed by atoms with Crippen molar-refractivity contribution < 1.29 is 4.79 Å². The van der Waals surface area contributed by atoms with Crippen LogP contribution in [0.3, 0.4) is 0 Å². The number of thiophene rings is 1. The van der Waals surface area contributed by atoms with Crippen LogP contribution in [0.25, 0.3) is 11.1 Å². The number of rotatable bonds is 5. The smallest absolute Gasteiger partial charge is 0.254 e. The lowest BCUT2D eigenvalue weighted by Crippen LogP contribution is -2.27. The summed E-state index contributed by atoms with van der Waals surface area (Å²) in [6.07, 6.45) is 7.73. The third kappa shape index (κ3) is 3.89. The molecule has 28 heavy (non-hydrogen) atoms. The molecule has 0 spiro atoms. The summed E-state index contributed by atoms with van der Waals surface area (Å²) in [6, 6.07) is 5.83. The quantitative estimate of drug-likeness (QED) is 0.660. The minimum absolute atomic E-state index is 0.00589. The van der Waals surface area contributed by atoms with Crippen LogP contribution in [0.5, 0.6) is 0 Å². The molecule has 0 unspecified atom stereocenters. The van der Waals surface area contributed by atoms with Crippen LogP contribution in [0.2, 0.25) is 0 Å². The number of carbonyl (C=O) groups is 1. The van der Waals surface area contributed by atoms with Crippen LogP contribution in [0, 0.1) is 6.92 Å². The van der Waals surface area contributed by atoms with Crippen LogP contribution in [0.15, 0.2) is 42.2 Å². The molecule has 0 aromatic carbocycles. The third-order valence-electron chi connectivity index (χ3n) is 4.95. The molecule has 0 bridgehead atoms. The van der Waals surface area contributed by atoms with Gasteiger partial charge in [-0.15, -0.1) is 11.3 Å². The highest BCUT2D eigenvalue weighted by molar-refractivity contribution is 7.10. The van der Waals surface area contributed by atoms with E-state index in [9.17, 15) is 4.79 Å². The van der Waals surface area contributed by atoms with Crippen molar-refractivity contribution in [2.45, 2.75) is 26.3 Å². The molecule has 1 fully saturated rings. The summed E-state index contributed by atoms with van der Waals surface area (Å²) in [6.45, 7) is 4.40. The summed E-state index contributed by atoms with van der Waals surface area (Å²) >= 11 is 1.59. The molecule has 0 atom stereocenters. The topological polar surface area (TPSA) is 62.2 Å². The molecule has 1 saturated heterocycles. The molecule has 0 saturated carbocycles. The molecule has 3 aromatic heterocycles. The average molecular weight is 394 g/mol. The highest BCUT2D eigenvalue weighted by atomic mass is 32.1. The van der Waals surface area contributed by atoms with Crippen LogP contribution >= 0.6 is 11.3 Å². The number of hydrogen-bond donors (Lipinski definition) is 0. The van der Waals surface area contributed by atoms with E-state index in [-0.39, 0.29) is 5.91 Å². The first-order valence-corrected chi connectivity index (χ1v) is 10.3. The van der Waals surface area contributed by atoms with E-state index < -0.39 is 0 Å². The first-order valence-electron chi connectivity index (χ1n) is 9.43. The summed E-state index contributed by atoms with van der Waals surface area (Å²) in [7, 11) is 1.82. The van der Waals surface area contributed by atoms with Crippen molar-refractivity contribution in [3.8, 4) is 11.1 Å². The summed E-state index contributed by atoms with van der Waals surface area (Å²) in [5.41, 5.74) is 3.52. The maximum atomic E-state index is 12.8. The van der Waals surface area contributed by atoms with Gasteiger partial charge in [0.2, 0.25) is 5.95 Å². The Morgan fingerprint density at radius 3 is 2.68 bits per heavy atom. The van der Waals surface area contributed by atoms with Crippen LogP contribution in [-0.4, -0.2) is 45.9 Å². The van der Waals surface area contributed by atoms with Crippen molar-refractivity contribution >= 4 is 23.2 Å². The number of anilines is 1. The first-order chi connectivity index (χ1) is 13.6. The largest absolute Gasteiger partial charge is 0.341 e. The second-order valence-electron chi connectivity index (χ2n) is 7.07. The van der Waals surface area contributed by atoms with Gasteiger partial charge in [0.1, 0.15) is 0 Å². The molecule has 7 heteroatoms. The fourth-order valence-corrected chi connectivity index (χ4v) is 4.12. The fourth-order valence-electron chi connectivity index (χ4n) is 3.44. The number of hydrogen-bond acceptors (Lipinski definition) is 6. The molecule has 3 aromatic rings. The summed E-state index contributed by atoms with van der Waals surface area (Å²) < 4.78 is 0. The minimum Gasteiger partial charge on any atom is -0.341 e. The number of aromatic nitrogens is 3. The Labute approximate surface area is 168 Å². The Balaban J connectivity index is 1.66. The maximum Gasteiger partial charge on any atom is 0.254 e. The van der Waals surface area contributed by atoms with Crippen molar-refractivity contribution in [2.75, 3.05) is 25.0 Å². The van der Waals surface area contributed by atoms with Crippen molar-refractivity contribution in [3.05, 3.63) is 58.3 Å². The predicted octanol–water partition coefficient (Wildman–Crippen LogP) is 3.78. The first kappa shape index (κ1) is 18.6. The standard InChI is InChI=1S/C21H23N5OS/c1-15-11-17(14-28-15)20(27)25(2)13-19-18(16-5-7-22-8-6-16)12-23-21(24-19)26-9-3-4-10-26/h5-8,11-12,14H,3-4,9-10,13H2,1-2H3. The Hall–Kier alpha value is -2.80. The minimum atomic E-state index is 0.00589. The number of nitrogens with zero attached hydrogens (tertiary/aromatic N) is 5. The van der Waals surface area contributed by atoms with E-state index in [0.717, 1.165) is 46.3 Å². The van der Waals surface area contributed by atoms with E-state index in [1.54, 1.807) is 28.6 Å². The van der Waals surface area contributed by atoms with Gasteiger partial charge in [0.05, 0.1) is 17.8 Å². The normalized spacial score (nSPS) is 13.7.